The van der Waals surface area contributed by atoms with Gasteiger partial charge >= 0.3 is 6.18 Å². The minimum atomic E-state index is -4.52. The Hall–Kier alpha value is -2.25. The third-order valence-corrected chi connectivity index (χ3v) is 5.59. The molecular weight excluding hydrogens is 417 g/mol. The van der Waals surface area contributed by atoms with Gasteiger partial charge in [0.15, 0.2) is 0 Å². The molecule has 1 heterocycles. The summed E-state index contributed by atoms with van der Waals surface area (Å²) in [6.07, 6.45) is -3.17. The fraction of sp³-hybridized carbons (Fsp3) is 0.409. The van der Waals surface area contributed by atoms with Crippen LogP contribution in [-0.4, -0.2) is 31.0 Å². The smallest absolute Gasteiger partial charge is 0.416 e. The van der Waals surface area contributed by atoms with Gasteiger partial charge in [0, 0.05) is 24.0 Å². The van der Waals surface area contributed by atoms with Crippen LogP contribution in [0, 0.1) is 5.92 Å². The van der Waals surface area contributed by atoms with E-state index in [0.717, 1.165) is 31.5 Å². The van der Waals surface area contributed by atoms with Crippen molar-refractivity contribution in [3.63, 3.8) is 0 Å². The van der Waals surface area contributed by atoms with E-state index in [-0.39, 0.29) is 29.0 Å². The minimum absolute atomic E-state index is 0.0113. The van der Waals surface area contributed by atoms with Crippen molar-refractivity contribution in [1.82, 2.24) is 10.2 Å². The molecule has 0 aromatic heterocycles. The van der Waals surface area contributed by atoms with Gasteiger partial charge in [0.05, 0.1) is 12.7 Å². The number of likely N-dealkylation sites (tertiary alicyclic amines) is 1. The van der Waals surface area contributed by atoms with Gasteiger partial charge in [0.1, 0.15) is 5.75 Å². The van der Waals surface area contributed by atoms with Crippen LogP contribution >= 0.6 is 11.6 Å². The second kappa shape index (κ2) is 9.71. The lowest BCUT2D eigenvalue weighted by Gasteiger charge is -2.31. The Labute approximate surface area is 179 Å². The quantitative estimate of drug-likeness (QED) is 0.695. The van der Waals surface area contributed by atoms with E-state index >= 15 is 0 Å². The maximum absolute atomic E-state index is 13.2. The van der Waals surface area contributed by atoms with Crippen LogP contribution in [-0.2, 0) is 24.1 Å². The molecule has 8 heteroatoms. The summed E-state index contributed by atoms with van der Waals surface area (Å²) in [6, 6.07) is 11.5. The average molecular weight is 441 g/mol. The summed E-state index contributed by atoms with van der Waals surface area (Å²) in [4.78, 5) is 14.8. The van der Waals surface area contributed by atoms with Crippen LogP contribution in [0.3, 0.4) is 0 Å². The number of carbonyl (C=O) groups excluding carboxylic acids is 1. The van der Waals surface area contributed by atoms with Gasteiger partial charge in [-0.25, -0.2) is 0 Å². The standard InChI is InChI=1S/C22H24ClF3N2O2/c1-30-19-6-2-15(3-7-19)14-28-10-8-16(9-11-28)21(29)27-13-17-4-5-18(23)12-20(17)22(24,25)26/h2-7,12,16H,8-11,13-14H2,1H3,(H,27,29). The number of nitrogens with one attached hydrogen (secondary N) is 1. The van der Waals surface area contributed by atoms with Crippen LogP contribution < -0.4 is 10.1 Å². The second-order valence-corrected chi connectivity index (χ2v) is 7.85. The number of piperidine rings is 1. The van der Waals surface area contributed by atoms with Crippen LogP contribution in [0.5, 0.6) is 5.75 Å². The van der Waals surface area contributed by atoms with Crippen molar-refractivity contribution in [2.45, 2.75) is 32.1 Å². The molecule has 2 aromatic carbocycles. The topological polar surface area (TPSA) is 41.6 Å². The summed E-state index contributed by atoms with van der Waals surface area (Å²) in [7, 11) is 1.63. The highest BCUT2D eigenvalue weighted by molar-refractivity contribution is 6.30. The van der Waals surface area contributed by atoms with Crippen LogP contribution in [0.4, 0.5) is 13.2 Å². The van der Waals surface area contributed by atoms with E-state index in [1.807, 2.05) is 24.3 Å². The molecule has 0 atom stereocenters. The van der Waals surface area contributed by atoms with Gasteiger partial charge in [0.2, 0.25) is 5.91 Å². The fourth-order valence-electron chi connectivity index (χ4n) is 3.64. The van der Waals surface area contributed by atoms with Crippen molar-refractivity contribution in [3.8, 4) is 5.75 Å². The average Bonchev–Trinajstić information content (AvgIpc) is 2.73. The first-order chi connectivity index (χ1) is 14.3. The number of amides is 1. The predicted molar refractivity (Wildman–Crippen MR) is 109 cm³/mol. The zero-order valence-corrected chi connectivity index (χ0v) is 17.4. The molecule has 162 valence electrons. The number of ether oxygens (including phenoxy) is 1. The molecule has 0 saturated carbocycles. The van der Waals surface area contributed by atoms with Gasteiger partial charge in [-0.05, 0) is 61.3 Å². The fourth-order valence-corrected chi connectivity index (χ4v) is 3.81. The largest absolute Gasteiger partial charge is 0.497 e. The van der Waals surface area contributed by atoms with E-state index in [9.17, 15) is 18.0 Å². The number of hydrogen-bond acceptors (Lipinski definition) is 3. The zero-order valence-electron chi connectivity index (χ0n) is 16.6. The van der Waals surface area contributed by atoms with E-state index in [0.29, 0.717) is 12.8 Å². The third-order valence-electron chi connectivity index (χ3n) is 5.35. The first kappa shape index (κ1) is 22.4. The number of halogens is 4. The highest BCUT2D eigenvalue weighted by Crippen LogP contribution is 2.34. The maximum atomic E-state index is 13.2. The van der Waals surface area contributed by atoms with Gasteiger partial charge < -0.3 is 10.1 Å². The van der Waals surface area contributed by atoms with E-state index < -0.39 is 11.7 Å². The minimum Gasteiger partial charge on any atom is -0.497 e. The van der Waals surface area contributed by atoms with Crippen LogP contribution in [0.1, 0.15) is 29.5 Å². The van der Waals surface area contributed by atoms with E-state index in [2.05, 4.69) is 10.2 Å². The molecule has 1 fully saturated rings. The molecule has 0 unspecified atom stereocenters. The molecule has 4 nitrogen and oxygen atoms in total. The van der Waals surface area contributed by atoms with E-state index in [1.54, 1.807) is 7.11 Å². The SMILES string of the molecule is COc1ccc(CN2CCC(C(=O)NCc3ccc(Cl)cc3C(F)(F)F)CC2)cc1. The molecule has 1 amide bonds. The summed E-state index contributed by atoms with van der Waals surface area (Å²) >= 11 is 5.70. The van der Waals surface area contributed by atoms with Gasteiger partial charge in [-0.3, -0.25) is 9.69 Å². The summed E-state index contributed by atoms with van der Waals surface area (Å²) < 4.78 is 44.7. The van der Waals surface area contributed by atoms with Crippen molar-refractivity contribution in [1.29, 1.82) is 0 Å². The van der Waals surface area contributed by atoms with Crippen molar-refractivity contribution in [2.24, 2.45) is 5.92 Å². The molecule has 30 heavy (non-hydrogen) atoms. The van der Waals surface area contributed by atoms with Crippen LogP contribution in [0.25, 0.3) is 0 Å². The number of carbonyl (C=O) groups is 1. The van der Waals surface area contributed by atoms with Crippen molar-refractivity contribution >= 4 is 17.5 Å². The Kier molecular flexibility index (Phi) is 7.26. The Morgan fingerprint density at radius 1 is 1.17 bits per heavy atom. The molecule has 1 saturated heterocycles. The summed E-state index contributed by atoms with van der Waals surface area (Å²) in [6.45, 7) is 2.15. The lowest BCUT2D eigenvalue weighted by molar-refractivity contribution is -0.138. The highest BCUT2D eigenvalue weighted by atomic mass is 35.5. The molecule has 0 spiro atoms. The molecular formula is C22H24ClF3N2O2. The van der Waals surface area contributed by atoms with Crippen LogP contribution in [0.2, 0.25) is 5.02 Å². The number of hydrogen-bond donors (Lipinski definition) is 1. The summed E-state index contributed by atoms with van der Waals surface area (Å²) in [5, 5.41) is 2.68. The highest BCUT2D eigenvalue weighted by Gasteiger charge is 2.34. The van der Waals surface area contributed by atoms with Crippen molar-refractivity contribution < 1.29 is 22.7 Å². The summed E-state index contributed by atoms with van der Waals surface area (Å²) in [5.74, 6) is 0.407. The lowest BCUT2D eigenvalue weighted by Crippen LogP contribution is -2.40. The van der Waals surface area contributed by atoms with E-state index in [1.165, 1.54) is 17.7 Å². The monoisotopic (exact) mass is 440 g/mol. The number of benzene rings is 2. The van der Waals surface area contributed by atoms with E-state index in [4.69, 9.17) is 16.3 Å². The van der Waals surface area contributed by atoms with Gasteiger partial charge in [-0.1, -0.05) is 29.8 Å². The number of methoxy groups -OCH3 is 1. The number of nitrogens with zero attached hydrogens (tertiary/aromatic N) is 1. The van der Waals surface area contributed by atoms with Crippen LogP contribution in [0.15, 0.2) is 42.5 Å². The number of alkyl halides is 3. The molecule has 0 radical (unpaired) electrons. The first-order valence-electron chi connectivity index (χ1n) is 9.75. The maximum Gasteiger partial charge on any atom is 0.416 e. The molecule has 0 aliphatic carbocycles. The second-order valence-electron chi connectivity index (χ2n) is 7.42. The van der Waals surface area contributed by atoms with Crippen molar-refractivity contribution in [2.75, 3.05) is 20.2 Å². The van der Waals surface area contributed by atoms with Gasteiger partial charge in [0.25, 0.3) is 0 Å². The predicted octanol–water partition coefficient (Wildman–Crippen LogP) is 4.90. The molecule has 3 rings (SSSR count). The van der Waals surface area contributed by atoms with Gasteiger partial charge in [-0.2, -0.15) is 13.2 Å². The summed E-state index contributed by atoms with van der Waals surface area (Å²) in [5.41, 5.74) is 0.364. The Balaban J connectivity index is 1.50. The molecule has 1 N–H and O–H groups in total. The molecule has 1 aliphatic heterocycles. The normalized spacial score (nSPS) is 15.8. The molecule has 2 aromatic rings. The Bertz CT molecular complexity index is 864. The molecule has 0 bridgehead atoms. The zero-order chi connectivity index (χ0) is 21.7. The van der Waals surface area contributed by atoms with Gasteiger partial charge in [-0.15, -0.1) is 0 Å². The number of rotatable bonds is 6. The first-order valence-corrected chi connectivity index (χ1v) is 10.1. The van der Waals surface area contributed by atoms with Crippen molar-refractivity contribution in [3.05, 3.63) is 64.2 Å². The lowest BCUT2D eigenvalue weighted by atomic mass is 9.95. The molecule has 1 aliphatic rings. The Morgan fingerprint density at radius 2 is 1.83 bits per heavy atom. The Morgan fingerprint density at radius 3 is 2.43 bits per heavy atom. The third kappa shape index (κ3) is 5.89.